The van der Waals surface area contributed by atoms with E-state index in [1.54, 1.807) is 6.07 Å². The first kappa shape index (κ1) is 12.7. The fourth-order valence-corrected chi connectivity index (χ4v) is 1.94. The molecule has 0 aliphatic rings. The van der Waals surface area contributed by atoms with E-state index >= 15 is 0 Å². The molecule has 0 saturated carbocycles. The van der Waals surface area contributed by atoms with Gasteiger partial charge in [-0.3, -0.25) is 9.78 Å². The Bertz CT molecular complexity index is 855. The molecule has 0 radical (unpaired) electrons. The zero-order chi connectivity index (χ0) is 14.7. The lowest BCUT2D eigenvalue weighted by atomic mass is 10.1. The first-order valence-corrected chi connectivity index (χ1v) is 6.15. The third-order valence-corrected chi connectivity index (χ3v) is 2.87. The number of hydrogen-bond acceptors (Lipinski definition) is 5. The molecule has 3 rings (SSSR count). The van der Waals surface area contributed by atoms with Crippen LogP contribution < -0.4 is 5.32 Å². The molecule has 6 nitrogen and oxygen atoms in total. The Morgan fingerprint density at radius 2 is 2.10 bits per heavy atom. The van der Waals surface area contributed by atoms with Crippen LogP contribution in [0.3, 0.4) is 0 Å². The molecular formula is C15H9N5O. The van der Waals surface area contributed by atoms with Crippen LogP contribution in [0, 0.1) is 11.3 Å². The van der Waals surface area contributed by atoms with Crippen LogP contribution in [0.15, 0.2) is 48.9 Å². The number of hydrogen-bond donors (Lipinski definition) is 1. The number of nitrogens with one attached hydrogen (secondary N) is 1. The molecule has 100 valence electrons. The second-order valence-corrected chi connectivity index (χ2v) is 4.23. The Kier molecular flexibility index (Phi) is 3.23. The van der Waals surface area contributed by atoms with Crippen LogP contribution in [0.5, 0.6) is 0 Å². The van der Waals surface area contributed by atoms with Crippen LogP contribution in [-0.2, 0) is 0 Å². The van der Waals surface area contributed by atoms with E-state index in [1.165, 1.54) is 24.7 Å². The molecule has 1 N–H and O–H groups in total. The van der Waals surface area contributed by atoms with Crippen LogP contribution in [-0.4, -0.2) is 20.9 Å². The van der Waals surface area contributed by atoms with Crippen molar-refractivity contribution in [2.24, 2.45) is 0 Å². The van der Waals surface area contributed by atoms with Crippen molar-refractivity contribution < 1.29 is 4.79 Å². The van der Waals surface area contributed by atoms with E-state index in [4.69, 9.17) is 5.26 Å². The van der Waals surface area contributed by atoms with Gasteiger partial charge in [-0.2, -0.15) is 5.26 Å². The lowest BCUT2D eigenvalue weighted by molar-refractivity contribution is 0.102. The molecule has 0 atom stereocenters. The Morgan fingerprint density at radius 1 is 1.24 bits per heavy atom. The fourth-order valence-electron chi connectivity index (χ4n) is 1.94. The highest BCUT2D eigenvalue weighted by atomic mass is 16.1. The van der Waals surface area contributed by atoms with Gasteiger partial charge in [0.25, 0.3) is 5.91 Å². The summed E-state index contributed by atoms with van der Waals surface area (Å²) in [6, 6.07) is 10.8. The zero-order valence-corrected chi connectivity index (χ0v) is 10.8. The lowest BCUT2D eigenvalue weighted by Gasteiger charge is -2.08. The monoisotopic (exact) mass is 275 g/mol. The number of pyridine rings is 1. The normalized spacial score (nSPS) is 10.0. The van der Waals surface area contributed by atoms with E-state index in [0.29, 0.717) is 11.2 Å². The van der Waals surface area contributed by atoms with Gasteiger partial charge in [0.1, 0.15) is 17.5 Å². The zero-order valence-electron chi connectivity index (χ0n) is 10.8. The number of anilines is 1. The summed E-state index contributed by atoms with van der Waals surface area (Å²) >= 11 is 0. The van der Waals surface area contributed by atoms with Gasteiger partial charge in [-0.25, -0.2) is 9.97 Å². The Balaban J connectivity index is 2.04. The van der Waals surface area contributed by atoms with E-state index in [-0.39, 0.29) is 17.3 Å². The molecule has 21 heavy (non-hydrogen) atoms. The number of aromatic nitrogens is 3. The smallest absolute Gasteiger partial charge is 0.275 e. The molecule has 0 spiro atoms. The van der Waals surface area contributed by atoms with Gasteiger partial charge in [-0.15, -0.1) is 0 Å². The van der Waals surface area contributed by atoms with E-state index in [9.17, 15) is 4.79 Å². The van der Waals surface area contributed by atoms with E-state index in [1.807, 2.05) is 24.3 Å². The second-order valence-electron chi connectivity index (χ2n) is 4.23. The van der Waals surface area contributed by atoms with Gasteiger partial charge in [0.05, 0.1) is 17.4 Å². The SMILES string of the molecule is N#Cc1cc(NC(=O)c2cnccn2)c2ccccc2n1. The van der Waals surface area contributed by atoms with Gasteiger partial charge in [-0.05, 0) is 12.1 Å². The second kappa shape index (κ2) is 5.35. The quantitative estimate of drug-likeness (QED) is 0.773. The molecule has 2 aromatic heterocycles. The summed E-state index contributed by atoms with van der Waals surface area (Å²) in [7, 11) is 0. The summed E-state index contributed by atoms with van der Waals surface area (Å²) in [6.07, 6.45) is 4.32. The highest BCUT2D eigenvalue weighted by Gasteiger charge is 2.11. The van der Waals surface area contributed by atoms with E-state index in [0.717, 1.165) is 5.39 Å². The molecule has 3 aromatic rings. The van der Waals surface area contributed by atoms with Crippen molar-refractivity contribution in [1.29, 1.82) is 5.26 Å². The Morgan fingerprint density at radius 3 is 2.86 bits per heavy atom. The maximum absolute atomic E-state index is 12.1. The van der Waals surface area contributed by atoms with Gasteiger partial charge in [-0.1, -0.05) is 18.2 Å². The molecule has 0 unspecified atom stereocenters. The summed E-state index contributed by atoms with van der Waals surface area (Å²) in [5.41, 5.74) is 1.61. The Labute approximate surface area is 120 Å². The molecule has 2 heterocycles. The van der Waals surface area contributed by atoms with Gasteiger partial charge >= 0.3 is 0 Å². The number of nitriles is 1. The standard InChI is InChI=1S/C15H9N5O/c16-8-10-7-13(11-3-1-2-4-12(11)19-10)20-15(21)14-9-17-5-6-18-14/h1-7,9H,(H,19,20,21). The maximum atomic E-state index is 12.1. The summed E-state index contributed by atoms with van der Waals surface area (Å²) in [6.45, 7) is 0. The number of amides is 1. The first-order valence-electron chi connectivity index (χ1n) is 6.15. The molecular weight excluding hydrogens is 266 g/mol. The minimum Gasteiger partial charge on any atom is -0.320 e. The molecule has 1 aromatic carbocycles. The van der Waals surface area contributed by atoms with Gasteiger partial charge in [0, 0.05) is 17.8 Å². The number of carbonyl (C=O) groups excluding carboxylic acids is 1. The van der Waals surface area contributed by atoms with Crippen molar-refractivity contribution in [2.75, 3.05) is 5.32 Å². The van der Waals surface area contributed by atoms with Gasteiger partial charge in [0.15, 0.2) is 0 Å². The number of fused-ring (bicyclic) bond motifs is 1. The molecule has 0 saturated heterocycles. The molecule has 1 amide bonds. The van der Waals surface area contributed by atoms with Crippen molar-refractivity contribution in [3.8, 4) is 6.07 Å². The predicted octanol–water partition coefficient (Wildman–Crippen LogP) is 2.15. The summed E-state index contributed by atoms with van der Waals surface area (Å²) in [5, 5.41) is 12.5. The van der Waals surface area contributed by atoms with Crippen molar-refractivity contribution in [3.05, 3.63) is 60.3 Å². The van der Waals surface area contributed by atoms with Crippen LogP contribution in [0.4, 0.5) is 5.69 Å². The third kappa shape index (κ3) is 2.53. The average molecular weight is 275 g/mol. The van der Waals surface area contributed by atoms with Gasteiger partial charge in [0.2, 0.25) is 0 Å². The fraction of sp³-hybridized carbons (Fsp3) is 0. The van der Waals surface area contributed by atoms with Crippen molar-refractivity contribution in [3.63, 3.8) is 0 Å². The number of nitrogens with zero attached hydrogens (tertiary/aromatic N) is 4. The highest BCUT2D eigenvalue weighted by Crippen LogP contribution is 2.23. The van der Waals surface area contributed by atoms with Crippen LogP contribution in [0.2, 0.25) is 0 Å². The maximum Gasteiger partial charge on any atom is 0.275 e. The summed E-state index contributed by atoms with van der Waals surface area (Å²) in [5.74, 6) is -0.386. The van der Waals surface area contributed by atoms with E-state index in [2.05, 4.69) is 20.3 Å². The van der Waals surface area contributed by atoms with Crippen LogP contribution in [0.1, 0.15) is 16.2 Å². The molecule has 0 fully saturated rings. The summed E-state index contributed by atoms with van der Waals surface area (Å²) < 4.78 is 0. The minimum atomic E-state index is -0.386. The number of benzene rings is 1. The van der Waals surface area contributed by atoms with E-state index < -0.39 is 0 Å². The predicted molar refractivity (Wildman–Crippen MR) is 76.4 cm³/mol. The molecule has 6 heteroatoms. The van der Waals surface area contributed by atoms with Crippen molar-refractivity contribution >= 4 is 22.5 Å². The number of para-hydroxylation sites is 1. The van der Waals surface area contributed by atoms with Gasteiger partial charge < -0.3 is 5.32 Å². The van der Waals surface area contributed by atoms with Crippen LogP contribution >= 0.6 is 0 Å². The third-order valence-electron chi connectivity index (χ3n) is 2.87. The lowest BCUT2D eigenvalue weighted by Crippen LogP contribution is -2.14. The molecule has 0 aliphatic heterocycles. The van der Waals surface area contributed by atoms with Crippen molar-refractivity contribution in [1.82, 2.24) is 15.0 Å². The topological polar surface area (TPSA) is 91.6 Å². The molecule has 0 aliphatic carbocycles. The minimum absolute atomic E-state index is 0.205. The first-order chi connectivity index (χ1) is 10.3. The highest BCUT2D eigenvalue weighted by molar-refractivity contribution is 6.07. The largest absolute Gasteiger partial charge is 0.320 e. The van der Waals surface area contributed by atoms with Crippen molar-refractivity contribution in [2.45, 2.75) is 0 Å². The molecule has 0 bridgehead atoms. The average Bonchev–Trinajstić information content (AvgIpc) is 2.55. The number of carbonyl (C=O) groups is 1. The summed E-state index contributed by atoms with van der Waals surface area (Å²) in [4.78, 5) is 24.1. The number of rotatable bonds is 2. The van der Waals surface area contributed by atoms with Crippen LogP contribution in [0.25, 0.3) is 10.9 Å². The Hall–Kier alpha value is -3.33.